The fourth-order valence-electron chi connectivity index (χ4n) is 2.81. The van der Waals surface area contributed by atoms with Crippen LogP contribution >= 0.6 is 35.0 Å². The van der Waals surface area contributed by atoms with Crippen LogP contribution in [0.3, 0.4) is 0 Å². The maximum absolute atomic E-state index is 12.4. The van der Waals surface area contributed by atoms with Gasteiger partial charge >= 0.3 is 0 Å². The maximum Gasteiger partial charge on any atom is 0.201 e. The van der Waals surface area contributed by atoms with Crippen molar-refractivity contribution in [1.29, 1.82) is 0 Å². The van der Waals surface area contributed by atoms with Crippen LogP contribution in [0.5, 0.6) is 0 Å². The summed E-state index contributed by atoms with van der Waals surface area (Å²) in [5.41, 5.74) is -0.930. The third-order valence-electron chi connectivity index (χ3n) is 4.75. The Morgan fingerprint density at radius 3 is 2.54 bits per heavy atom. The Morgan fingerprint density at radius 2 is 1.96 bits per heavy atom. The summed E-state index contributed by atoms with van der Waals surface area (Å²) in [4.78, 5) is 15.8. The number of aliphatic hydroxyl groups is 1. The number of nitrogens with zero attached hydrogens (tertiary/aromatic N) is 3. The summed E-state index contributed by atoms with van der Waals surface area (Å²) in [6, 6.07) is 7.41. The van der Waals surface area contributed by atoms with Crippen LogP contribution in [0.25, 0.3) is 0 Å². The number of aromatic nitrogens is 3. The number of rotatable bonds is 6. The highest BCUT2D eigenvalue weighted by Crippen LogP contribution is 2.53. The second kappa shape index (κ2) is 8.34. The van der Waals surface area contributed by atoms with E-state index in [-0.39, 0.29) is 19.1 Å². The zero-order valence-electron chi connectivity index (χ0n) is 15.6. The van der Waals surface area contributed by atoms with Crippen molar-refractivity contribution in [3.05, 3.63) is 41.2 Å². The molecule has 1 saturated carbocycles. The number of carbonyl (C=O) groups is 1. The predicted molar refractivity (Wildman–Crippen MR) is 115 cm³/mol. The largest absolute Gasteiger partial charge is 0.386 e. The summed E-state index contributed by atoms with van der Waals surface area (Å²) < 4.78 is 1.56. The minimum absolute atomic E-state index is 0. The molecular formula is C20H27Cl2N3O2S. The van der Waals surface area contributed by atoms with Gasteiger partial charge in [-0.25, -0.2) is 9.67 Å². The summed E-state index contributed by atoms with van der Waals surface area (Å²) in [6.07, 6.45) is 3.12. The van der Waals surface area contributed by atoms with Gasteiger partial charge in [-0.3, -0.25) is 4.79 Å². The summed E-state index contributed by atoms with van der Waals surface area (Å²) in [7, 11) is 0. The molecule has 1 aromatic heterocycles. The average molecular weight is 444 g/mol. The molecule has 2 aromatic rings. The number of hydrogen-bond donors (Lipinski definition) is 1. The molecule has 154 valence electrons. The first kappa shape index (κ1) is 23.2. The van der Waals surface area contributed by atoms with Crippen LogP contribution in [-0.4, -0.2) is 35.5 Å². The van der Waals surface area contributed by atoms with Gasteiger partial charge < -0.3 is 5.11 Å². The smallest absolute Gasteiger partial charge is 0.201 e. The third kappa shape index (κ3) is 4.90. The van der Waals surface area contributed by atoms with E-state index in [9.17, 15) is 9.90 Å². The molecule has 0 saturated heterocycles. The van der Waals surface area contributed by atoms with Crippen LogP contribution in [-0.2, 0) is 17.8 Å². The molecule has 3 rings (SSSR count). The van der Waals surface area contributed by atoms with Gasteiger partial charge in [0.05, 0.1) is 11.4 Å². The molecule has 5 nitrogen and oxygen atoms in total. The van der Waals surface area contributed by atoms with Crippen molar-refractivity contribution in [2.24, 2.45) is 5.41 Å². The van der Waals surface area contributed by atoms with Crippen molar-refractivity contribution < 1.29 is 9.90 Å². The Bertz CT molecular complexity index is 846. The van der Waals surface area contributed by atoms with E-state index in [1.54, 1.807) is 10.7 Å². The first-order valence-corrected chi connectivity index (χ1v) is 10.4. The molecule has 0 radical (unpaired) electrons. The first-order valence-electron chi connectivity index (χ1n) is 8.79. The van der Waals surface area contributed by atoms with Gasteiger partial charge in [0.1, 0.15) is 11.9 Å². The predicted octanol–water partition coefficient (Wildman–Crippen LogP) is 4.98. The Hall–Kier alpha value is -1.08. The molecule has 0 spiro atoms. The fraction of sp³-hybridized carbons (Fsp3) is 0.550. The molecule has 1 atom stereocenters. The van der Waals surface area contributed by atoms with E-state index in [0.717, 1.165) is 17.3 Å². The van der Waals surface area contributed by atoms with E-state index in [0.29, 0.717) is 29.4 Å². The molecule has 1 aliphatic carbocycles. The Morgan fingerprint density at radius 1 is 1.32 bits per heavy atom. The molecule has 8 heteroatoms. The van der Waals surface area contributed by atoms with E-state index in [2.05, 4.69) is 10.1 Å². The number of hydrogen-bond acceptors (Lipinski definition) is 5. The van der Waals surface area contributed by atoms with Crippen molar-refractivity contribution in [2.45, 2.75) is 69.6 Å². The fourth-order valence-corrected chi connectivity index (χ4v) is 4.03. The Labute approximate surface area is 180 Å². The molecule has 0 bridgehead atoms. The Kier molecular flexibility index (Phi) is 6.91. The van der Waals surface area contributed by atoms with Crippen LogP contribution in [0, 0.1) is 5.41 Å². The van der Waals surface area contributed by atoms with Gasteiger partial charge in [-0.05, 0) is 36.2 Å². The van der Waals surface area contributed by atoms with Gasteiger partial charge in [0.2, 0.25) is 5.12 Å². The summed E-state index contributed by atoms with van der Waals surface area (Å²) in [5.74, 6) is 0. The third-order valence-corrected chi connectivity index (χ3v) is 7.15. The van der Waals surface area contributed by atoms with E-state index in [1.165, 1.54) is 6.33 Å². The molecule has 0 aliphatic heterocycles. The monoisotopic (exact) mass is 443 g/mol. The van der Waals surface area contributed by atoms with Gasteiger partial charge in [-0.2, -0.15) is 5.10 Å². The molecule has 1 fully saturated rings. The highest BCUT2D eigenvalue weighted by atomic mass is 35.5. The number of thioether (sulfide) groups is 1. The van der Waals surface area contributed by atoms with Crippen molar-refractivity contribution in [2.75, 3.05) is 0 Å². The van der Waals surface area contributed by atoms with E-state index >= 15 is 0 Å². The normalized spacial score (nSPS) is 17.5. The van der Waals surface area contributed by atoms with E-state index in [4.69, 9.17) is 23.2 Å². The quantitative estimate of drug-likeness (QED) is 0.503. The van der Waals surface area contributed by atoms with Crippen LogP contribution in [0.1, 0.15) is 46.6 Å². The second-order valence-electron chi connectivity index (χ2n) is 8.10. The van der Waals surface area contributed by atoms with Crippen molar-refractivity contribution >= 4 is 40.1 Å². The van der Waals surface area contributed by atoms with Gasteiger partial charge in [0, 0.05) is 16.9 Å². The number of carbonyl (C=O) groups excluding carboxylic acids is 1. The zero-order valence-corrected chi connectivity index (χ0v) is 17.9. The summed E-state index contributed by atoms with van der Waals surface area (Å²) in [6.45, 7) is 5.71. The zero-order chi connectivity index (χ0) is 19.9. The first-order chi connectivity index (χ1) is 12.5. The van der Waals surface area contributed by atoms with Crippen molar-refractivity contribution in [3.8, 4) is 0 Å². The number of benzene rings is 1. The minimum Gasteiger partial charge on any atom is -0.386 e. The second-order valence-corrected chi connectivity index (χ2v) is 10.2. The highest BCUT2D eigenvalue weighted by molar-refractivity contribution is 8.13. The van der Waals surface area contributed by atoms with Gasteiger partial charge in [-0.15, -0.1) is 11.6 Å². The van der Waals surface area contributed by atoms with E-state index in [1.807, 2.05) is 39.0 Å². The lowest BCUT2D eigenvalue weighted by Crippen LogP contribution is -2.47. The standard InChI is InChI=1S/C19H23Cl2N3O2S.CH4/c1-17(2,3)15(25)27-16-22-12-23-24(16)11-19(26,18(21)8-9-18)10-13-6-4-5-7-14(13)20;/h4-7,12,26H,8-11H2,1-3H3;1H4. The molecule has 1 aliphatic rings. The molecular weight excluding hydrogens is 417 g/mol. The van der Waals surface area contributed by atoms with Crippen LogP contribution in [0.2, 0.25) is 5.02 Å². The minimum atomic E-state index is -1.26. The maximum atomic E-state index is 12.4. The van der Waals surface area contributed by atoms with Crippen LogP contribution in [0.15, 0.2) is 35.7 Å². The van der Waals surface area contributed by atoms with Gasteiger partial charge in [0.25, 0.3) is 0 Å². The molecule has 1 aromatic carbocycles. The molecule has 1 unspecified atom stereocenters. The summed E-state index contributed by atoms with van der Waals surface area (Å²) >= 11 is 14.0. The van der Waals surface area contributed by atoms with Crippen LogP contribution < -0.4 is 0 Å². The average Bonchev–Trinajstić information content (AvgIpc) is 3.20. The molecule has 0 amide bonds. The van der Waals surface area contributed by atoms with E-state index < -0.39 is 15.9 Å². The van der Waals surface area contributed by atoms with Gasteiger partial charge in [-0.1, -0.05) is 58.0 Å². The van der Waals surface area contributed by atoms with Crippen LogP contribution in [0.4, 0.5) is 0 Å². The lowest BCUT2D eigenvalue weighted by atomic mass is 9.89. The van der Waals surface area contributed by atoms with Crippen molar-refractivity contribution in [1.82, 2.24) is 14.8 Å². The van der Waals surface area contributed by atoms with Gasteiger partial charge in [0.15, 0.2) is 5.16 Å². The lowest BCUT2D eigenvalue weighted by molar-refractivity contribution is -0.117. The molecule has 1 heterocycles. The number of halogens is 2. The number of alkyl halides is 1. The topological polar surface area (TPSA) is 68.0 Å². The molecule has 28 heavy (non-hydrogen) atoms. The summed E-state index contributed by atoms with van der Waals surface area (Å²) in [5, 5.41) is 16.8. The SMILES string of the molecule is C.CC(C)(C)C(=O)Sc1ncnn1CC(O)(Cc1ccccc1Cl)C1(Cl)CC1. The molecule has 1 N–H and O–H groups in total. The van der Waals surface area contributed by atoms with Crippen molar-refractivity contribution in [3.63, 3.8) is 0 Å². The lowest BCUT2D eigenvalue weighted by Gasteiger charge is -2.33. The Balaban J connectivity index is 0.00000280. The highest BCUT2D eigenvalue weighted by Gasteiger charge is 2.58.